The van der Waals surface area contributed by atoms with Gasteiger partial charge in [-0.15, -0.1) is 0 Å². The lowest BCUT2D eigenvalue weighted by molar-refractivity contribution is 0.0617. The van der Waals surface area contributed by atoms with Gasteiger partial charge in [-0.1, -0.05) is 12.6 Å². The lowest BCUT2D eigenvalue weighted by atomic mass is 9.89. The van der Waals surface area contributed by atoms with Gasteiger partial charge in [-0.25, -0.2) is 0 Å². The lowest BCUT2D eigenvalue weighted by Crippen LogP contribution is -2.41. The van der Waals surface area contributed by atoms with Crippen LogP contribution in [0.3, 0.4) is 0 Å². The Bertz CT molecular complexity index is 888. The van der Waals surface area contributed by atoms with Crippen molar-refractivity contribution in [1.29, 1.82) is 0 Å². The van der Waals surface area contributed by atoms with Crippen molar-refractivity contribution in [2.75, 3.05) is 13.7 Å². The van der Waals surface area contributed by atoms with Gasteiger partial charge in [-0.05, 0) is 56.7 Å². The summed E-state index contributed by atoms with van der Waals surface area (Å²) in [5.41, 5.74) is 2.03. The van der Waals surface area contributed by atoms with E-state index in [1.165, 1.54) is 0 Å². The molecule has 1 amide bonds. The van der Waals surface area contributed by atoms with Crippen LogP contribution >= 0.6 is 0 Å². The molecule has 28 heavy (non-hydrogen) atoms. The highest BCUT2D eigenvalue weighted by atomic mass is 16.5. The zero-order valence-corrected chi connectivity index (χ0v) is 16.9. The third-order valence-electron chi connectivity index (χ3n) is 4.56. The molecule has 1 heterocycles. The Kier molecular flexibility index (Phi) is 5.63. The van der Waals surface area contributed by atoms with Crippen molar-refractivity contribution in [3.8, 4) is 17.2 Å². The van der Waals surface area contributed by atoms with Gasteiger partial charge in [0, 0.05) is 23.6 Å². The van der Waals surface area contributed by atoms with Crippen LogP contribution in [0.15, 0.2) is 54.6 Å². The average Bonchev–Trinajstić information content (AvgIpc) is 2.65. The van der Waals surface area contributed by atoms with E-state index >= 15 is 0 Å². The Labute approximate surface area is 166 Å². The molecule has 2 aromatic carbocycles. The Morgan fingerprint density at radius 1 is 1.25 bits per heavy atom. The molecule has 0 spiro atoms. The second kappa shape index (κ2) is 7.97. The maximum atomic E-state index is 12.9. The molecule has 0 aromatic heterocycles. The largest absolute Gasteiger partial charge is 0.497 e. The molecule has 1 atom stereocenters. The fourth-order valence-corrected chi connectivity index (χ4v) is 3.26. The number of carbonyl (C=O) groups is 1. The topological polar surface area (TPSA) is 56.8 Å². The summed E-state index contributed by atoms with van der Waals surface area (Å²) in [6.07, 6.45) is 0.671. The first kappa shape index (κ1) is 19.8. The third-order valence-corrected chi connectivity index (χ3v) is 4.56. The number of ether oxygens (including phenoxy) is 3. The number of carbonyl (C=O) groups excluding carboxylic acids is 1. The standard InChI is InChI=1S/C23H27NO4/c1-15(2)14-27-18-8-6-7-16(11-18)22(25)24-20-13-23(3,4)28-21-12-17(26-5)9-10-19(20)21/h6-12,20H,1,13-14H2,2-5H3,(H,24,25)/t20-/m1/s1. The summed E-state index contributed by atoms with van der Waals surface area (Å²) in [5.74, 6) is 1.96. The zero-order chi connectivity index (χ0) is 20.3. The first-order valence-corrected chi connectivity index (χ1v) is 9.32. The number of hydrogen-bond acceptors (Lipinski definition) is 4. The monoisotopic (exact) mass is 381 g/mol. The van der Waals surface area contributed by atoms with Crippen molar-refractivity contribution in [2.24, 2.45) is 0 Å². The number of nitrogens with one attached hydrogen (secondary N) is 1. The van der Waals surface area contributed by atoms with Gasteiger partial charge in [-0.3, -0.25) is 4.79 Å². The van der Waals surface area contributed by atoms with Crippen molar-refractivity contribution in [2.45, 2.75) is 38.8 Å². The SMILES string of the molecule is C=C(C)COc1cccc(C(=O)N[C@@H]2CC(C)(C)Oc3cc(OC)ccc32)c1. The summed E-state index contributed by atoms with van der Waals surface area (Å²) in [7, 11) is 1.62. The normalized spacial score (nSPS) is 17.1. The molecule has 5 heteroatoms. The van der Waals surface area contributed by atoms with Gasteiger partial charge >= 0.3 is 0 Å². The Balaban J connectivity index is 1.80. The summed E-state index contributed by atoms with van der Waals surface area (Å²) in [6.45, 7) is 10.2. The number of fused-ring (bicyclic) bond motifs is 1. The molecule has 0 saturated carbocycles. The summed E-state index contributed by atoms with van der Waals surface area (Å²) >= 11 is 0. The van der Waals surface area contributed by atoms with Crippen molar-refractivity contribution >= 4 is 5.91 Å². The minimum absolute atomic E-state index is 0.148. The van der Waals surface area contributed by atoms with Crippen LogP contribution < -0.4 is 19.5 Å². The lowest BCUT2D eigenvalue weighted by Gasteiger charge is -2.38. The van der Waals surface area contributed by atoms with Crippen molar-refractivity contribution in [1.82, 2.24) is 5.32 Å². The number of rotatable bonds is 6. The molecular formula is C23H27NO4. The maximum Gasteiger partial charge on any atom is 0.251 e. The summed E-state index contributed by atoms with van der Waals surface area (Å²) in [4.78, 5) is 12.9. The van der Waals surface area contributed by atoms with Crippen LogP contribution in [0.25, 0.3) is 0 Å². The van der Waals surface area contributed by atoms with Crippen molar-refractivity contribution < 1.29 is 19.0 Å². The van der Waals surface area contributed by atoms with Gasteiger partial charge in [0.1, 0.15) is 29.5 Å². The summed E-state index contributed by atoms with van der Waals surface area (Å²) < 4.78 is 17.0. The minimum Gasteiger partial charge on any atom is -0.497 e. The fraction of sp³-hybridized carbons (Fsp3) is 0.348. The van der Waals surface area contributed by atoms with Gasteiger partial charge in [-0.2, -0.15) is 0 Å². The van der Waals surface area contributed by atoms with Gasteiger partial charge in [0.2, 0.25) is 0 Å². The van der Waals surface area contributed by atoms with E-state index in [2.05, 4.69) is 11.9 Å². The molecule has 0 fully saturated rings. The van der Waals surface area contributed by atoms with E-state index in [0.717, 1.165) is 22.6 Å². The molecule has 3 rings (SSSR count). The van der Waals surface area contributed by atoms with Crippen LogP contribution in [0.5, 0.6) is 17.2 Å². The van der Waals surface area contributed by atoms with Crippen LogP contribution in [0.4, 0.5) is 0 Å². The van der Waals surface area contributed by atoms with Crippen LogP contribution in [0, 0.1) is 0 Å². The molecule has 0 radical (unpaired) electrons. The van der Waals surface area contributed by atoms with Crippen LogP contribution in [-0.2, 0) is 0 Å². The van der Waals surface area contributed by atoms with E-state index in [1.54, 1.807) is 19.2 Å². The number of hydrogen-bond donors (Lipinski definition) is 1. The molecule has 1 aliphatic rings. The van der Waals surface area contributed by atoms with E-state index in [-0.39, 0.29) is 11.9 Å². The predicted octanol–water partition coefficient (Wildman–Crippen LogP) is 4.68. The van der Waals surface area contributed by atoms with E-state index in [1.807, 2.05) is 51.1 Å². The van der Waals surface area contributed by atoms with Crippen LogP contribution in [0.2, 0.25) is 0 Å². The van der Waals surface area contributed by atoms with Crippen LogP contribution in [0.1, 0.15) is 49.2 Å². The Morgan fingerprint density at radius 2 is 2.04 bits per heavy atom. The number of amides is 1. The molecule has 5 nitrogen and oxygen atoms in total. The Morgan fingerprint density at radius 3 is 2.75 bits per heavy atom. The minimum atomic E-state index is -0.399. The molecule has 2 aromatic rings. The highest BCUT2D eigenvalue weighted by Crippen LogP contribution is 2.41. The second-order valence-electron chi connectivity index (χ2n) is 7.77. The highest BCUT2D eigenvalue weighted by Gasteiger charge is 2.35. The average molecular weight is 381 g/mol. The smallest absolute Gasteiger partial charge is 0.251 e. The van der Waals surface area contributed by atoms with E-state index in [4.69, 9.17) is 14.2 Å². The molecule has 1 aliphatic heterocycles. The highest BCUT2D eigenvalue weighted by molar-refractivity contribution is 5.94. The summed E-state index contributed by atoms with van der Waals surface area (Å²) in [6, 6.07) is 12.7. The first-order chi connectivity index (χ1) is 13.3. The maximum absolute atomic E-state index is 12.9. The van der Waals surface area contributed by atoms with E-state index in [9.17, 15) is 4.79 Å². The van der Waals surface area contributed by atoms with Gasteiger partial charge in [0.15, 0.2) is 0 Å². The number of benzene rings is 2. The first-order valence-electron chi connectivity index (χ1n) is 9.32. The van der Waals surface area contributed by atoms with Crippen molar-refractivity contribution in [3.05, 3.63) is 65.7 Å². The van der Waals surface area contributed by atoms with Gasteiger partial charge in [0.05, 0.1) is 13.2 Å². The molecule has 0 unspecified atom stereocenters. The fourth-order valence-electron chi connectivity index (χ4n) is 3.26. The second-order valence-corrected chi connectivity index (χ2v) is 7.77. The van der Waals surface area contributed by atoms with E-state index < -0.39 is 5.60 Å². The Hall–Kier alpha value is -2.95. The summed E-state index contributed by atoms with van der Waals surface area (Å²) in [5, 5.41) is 3.14. The van der Waals surface area contributed by atoms with Gasteiger partial charge in [0.25, 0.3) is 5.91 Å². The van der Waals surface area contributed by atoms with Gasteiger partial charge < -0.3 is 19.5 Å². The van der Waals surface area contributed by atoms with Crippen molar-refractivity contribution in [3.63, 3.8) is 0 Å². The molecule has 1 N–H and O–H groups in total. The predicted molar refractivity (Wildman–Crippen MR) is 109 cm³/mol. The number of methoxy groups -OCH3 is 1. The molecule has 148 valence electrons. The van der Waals surface area contributed by atoms with Crippen LogP contribution in [-0.4, -0.2) is 25.2 Å². The zero-order valence-electron chi connectivity index (χ0n) is 16.9. The molecule has 0 bridgehead atoms. The molecular weight excluding hydrogens is 354 g/mol. The molecule has 0 saturated heterocycles. The molecule has 0 aliphatic carbocycles. The van der Waals surface area contributed by atoms with E-state index in [0.29, 0.717) is 24.3 Å². The quantitative estimate of drug-likeness (QED) is 0.738. The third kappa shape index (κ3) is 4.66.